The van der Waals surface area contributed by atoms with Gasteiger partial charge in [-0.25, -0.2) is 0 Å². The summed E-state index contributed by atoms with van der Waals surface area (Å²) in [4.78, 5) is 30.5. The first kappa shape index (κ1) is 22.3. The molecule has 2 heterocycles. The van der Waals surface area contributed by atoms with Crippen molar-refractivity contribution in [2.24, 2.45) is 0 Å². The normalized spacial score (nSPS) is 11.7. The highest BCUT2D eigenvalue weighted by molar-refractivity contribution is 7.61. The number of hydrogen-bond donors (Lipinski definition) is 2. The van der Waals surface area contributed by atoms with Crippen LogP contribution in [-0.2, 0) is 4.57 Å². The zero-order chi connectivity index (χ0) is 24.7. The molecule has 5 nitrogen and oxygen atoms in total. The number of hydrogen-bond acceptors (Lipinski definition) is 3. The van der Waals surface area contributed by atoms with Crippen molar-refractivity contribution in [2.75, 3.05) is 0 Å². The Morgan fingerprint density at radius 3 is 1.94 bits per heavy atom. The maximum absolute atomic E-state index is 13.0. The topological polar surface area (TPSA) is 83.3 Å². The summed E-state index contributed by atoms with van der Waals surface area (Å²) in [5.41, 5.74) is 5.56. The lowest BCUT2D eigenvalue weighted by molar-refractivity contribution is 0.387. The van der Waals surface area contributed by atoms with Gasteiger partial charge in [-0.15, -0.1) is 0 Å². The Hall–Kier alpha value is -4.15. The van der Waals surface area contributed by atoms with E-state index in [2.05, 4.69) is 4.98 Å². The second-order valence-corrected chi connectivity index (χ2v) is 10.1. The van der Waals surface area contributed by atoms with Gasteiger partial charge in [-0.1, -0.05) is 91.0 Å². The van der Waals surface area contributed by atoms with E-state index in [-0.39, 0.29) is 5.30 Å². The Balaban J connectivity index is 1.67. The standard InChI is InChI=1S/C30H21N2O3P/c33-36(34,35)30-26(20-8-3-1-4-9-20)16-15-25(27(30)21-10-5-2-6-11-21)24-18-23-14-13-22-12-7-17-31-28(22)29(23)32-19-24/h1-19H,(H2,33,34,35). The van der Waals surface area contributed by atoms with Gasteiger partial charge in [0.1, 0.15) is 0 Å². The van der Waals surface area contributed by atoms with Gasteiger partial charge in [-0.3, -0.25) is 14.5 Å². The zero-order valence-corrected chi connectivity index (χ0v) is 20.0. The molecule has 0 amide bonds. The van der Waals surface area contributed by atoms with Gasteiger partial charge in [-0.2, -0.15) is 0 Å². The molecule has 0 unspecified atom stereocenters. The van der Waals surface area contributed by atoms with E-state index in [1.807, 2.05) is 97.1 Å². The van der Waals surface area contributed by atoms with Crippen LogP contribution in [-0.4, -0.2) is 19.8 Å². The van der Waals surface area contributed by atoms with E-state index in [1.165, 1.54) is 0 Å². The van der Waals surface area contributed by atoms with Gasteiger partial charge >= 0.3 is 7.60 Å². The molecule has 2 N–H and O–H groups in total. The lowest BCUT2D eigenvalue weighted by atomic mass is 9.91. The van der Waals surface area contributed by atoms with Gasteiger partial charge in [0.2, 0.25) is 0 Å². The lowest BCUT2D eigenvalue weighted by Crippen LogP contribution is -2.13. The quantitative estimate of drug-likeness (QED) is 0.216. The monoisotopic (exact) mass is 488 g/mol. The Morgan fingerprint density at radius 1 is 0.583 bits per heavy atom. The highest BCUT2D eigenvalue weighted by Crippen LogP contribution is 2.46. The average Bonchev–Trinajstić information content (AvgIpc) is 2.92. The molecule has 0 saturated carbocycles. The zero-order valence-electron chi connectivity index (χ0n) is 19.1. The molecule has 0 fully saturated rings. The molecule has 0 bridgehead atoms. The minimum Gasteiger partial charge on any atom is -0.321 e. The van der Waals surface area contributed by atoms with E-state index < -0.39 is 7.60 Å². The van der Waals surface area contributed by atoms with Crippen molar-refractivity contribution in [1.29, 1.82) is 0 Å². The minimum absolute atomic E-state index is 0.0117. The number of pyridine rings is 2. The van der Waals surface area contributed by atoms with E-state index in [1.54, 1.807) is 18.5 Å². The maximum atomic E-state index is 13.0. The molecule has 0 saturated heterocycles. The second-order valence-electron chi connectivity index (χ2n) is 8.60. The largest absolute Gasteiger partial charge is 0.357 e. The summed E-state index contributed by atoms with van der Waals surface area (Å²) in [5.74, 6) is 0. The third-order valence-electron chi connectivity index (χ3n) is 6.35. The van der Waals surface area contributed by atoms with Crippen molar-refractivity contribution in [1.82, 2.24) is 9.97 Å². The van der Waals surface area contributed by atoms with Crippen molar-refractivity contribution in [3.8, 4) is 33.4 Å². The van der Waals surface area contributed by atoms with Crippen LogP contribution < -0.4 is 5.30 Å². The highest BCUT2D eigenvalue weighted by atomic mass is 31.2. The molecule has 0 radical (unpaired) electrons. The molecule has 0 aliphatic carbocycles. The first-order valence-electron chi connectivity index (χ1n) is 11.5. The summed E-state index contributed by atoms with van der Waals surface area (Å²) < 4.78 is 13.0. The van der Waals surface area contributed by atoms with E-state index >= 15 is 0 Å². The third kappa shape index (κ3) is 3.90. The summed E-state index contributed by atoms with van der Waals surface area (Å²) in [5, 5.41) is 1.92. The SMILES string of the molecule is O=P(O)(O)c1c(-c2ccccc2)ccc(-c2cnc3c(ccc4cccnc43)c2)c1-c1ccccc1. The van der Waals surface area contributed by atoms with Crippen molar-refractivity contribution in [2.45, 2.75) is 0 Å². The van der Waals surface area contributed by atoms with Crippen molar-refractivity contribution in [3.05, 3.63) is 116 Å². The Kier molecular flexibility index (Phi) is 5.46. The second kappa shape index (κ2) is 8.81. The first-order chi connectivity index (χ1) is 17.5. The molecule has 0 atom stereocenters. The van der Waals surface area contributed by atoms with Gasteiger partial charge < -0.3 is 9.79 Å². The van der Waals surface area contributed by atoms with Gasteiger partial charge in [0.05, 0.1) is 16.3 Å². The highest BCUT2D eigenvalue weighted by Gasteiger charge is 2.29. The van der Waals surface area contributed by atoms with Crippen LogP contribution >= 0.6 is 7.60 Å². The Bertz CT molecular complexity index is 1780. The number of nitrogens with zero attached hydrogens (tertiary/aromatic N) is 2. The molecule has 6 rings (SSSR count). The molecule has 6 aromatic rings. The fourth-order valence-electron chi connectivity index (χ4n) is 4.77. The number of rotatable bonds is 4. The molecule has 0 aliphatic rings. The van der Waals surface area contributed by atoms with Crippen molar-refractivity contribution in [3.63, 3.8) is 0 Å². The molecular formula is C30H21N2O3P. The summed E-state index contributed by atoms with van der Waals surface area (Å²) in [7, 11) is -4.68. The number of benzene rings is 4. The molecule has 36 heavy (non-hydrogen) atoms. The van der Waals surface area contributed by atoms with Crippen LogP contribution in [0.1, 0.15) is 0 Å². The van der Waals surface area contributed by atoms with Crippen LogP contribution in [0.25, 0.3) is 55.2 Å². The molecule has 174 valence electrons. The minimum atomic E-state index is -4.68. The van der Waals surface area contributed by atoms with Crippen LogP contribution in [0.15, 0.2) is 116 Å². The van der Waals surface area contributed by atoms with E-state index in [4.69, 9.17) is 4.98 Å². The fourth-order valence-corrected chi connectivity index (χ4v) is 5.82. The molecule has 2 aromatic heterocycles. The van der Waals surface area contributed by atoms with Crippen LogP contribution in [0.3, 0.4) is 0 Å². The molecule has 4 aromatic carbocycles. The summed E-state index contributed by atoms with van der Waals surface area (Å²) in [6.07, 6.45) is 3.50. The van der Waals surface area contributed by atoms with Gasteiger partial charge in [0.15, 0.2) is 0 Å². The third-order valence-corrected chi connectivity index (χ3v) is 7.40. The van der Waals surface area contributed by atoms with Gasteiger partial charge in [0.25, 0.3) is 0 Å². The maximum Gasteiger partial charge on any atom is 0.357 e. The van der Waals surface area contributed by atoms with Crippen LogP contribution in [0.5, 0.6) is 0 Å². The number of fused-ring (bicyclic) bond motifs is 3. The molecular weight excluding hydrogens is 467 g/mol. The predicted octanol–water partition coefficient (Wildman–Crippen LogP) is 6.59. The Morgan fingerprint density at radius 2 is 1.22 bits per heavy atom. The first-order valence-corrected chi connectivity index (χ1v) is 13.1. The van der Waals surface area contributed by atoms with E-state index in [0.29, 0.717) is 16.7 Å². The fraction of sp³-hybridized carbons (Fsp3) is 0. The van der Waals surface area contributed by atoms with E-state index in [9.17, 15) is 14.4 Å². The van der Waals surface area contributed by atoms with Gasteiger partial charge in [-0.05, 0) is 34.4 Å². The van der Waals surface area contributed by atoms with Crippen molar-refractivity contribution < 1.29 is 14.4 Å². The smallest absolute Gasteiger partial charge is 0.321 e. The molecule has 0 aliphatic heterocycles. The molecule has 0 spiro atoms. The van der Waals surface area contributed by atoms with E-state index in [0.717, 1.165) is 38.5 Å². The summed E-state index contributed by atoms with van der Waals surface area (Å²) >= 11 is 0. The lowest BCUT2D eigenvalue weighted by Gasteiger charge is -2.20. The van der Waals surface area contributed by atoms with Crippen LogP contribution in [0.4, 0.5) is 0 Å². The predicted molar refractivity (Wildman–Crippen MR) is 145 cm³/mol. The van der Waals surface area contributed by atoms with Gasteiger partial charge in [0, 0.05) is 34.3 Å². The van der Waals surface area contributed by atoms with Crippen molar-refractivity contribution >= 4 is 34.7 Å². The summed E-state index contributed by atoms with van der Waals surface area (Å²) in [6, 6.07) is 32.3. The number of aromatic nitrogens is 2. The average molecular weight is 488 g/mol. The molecule has 6 heteroatoms. The Labute approximate surface area is 207 Å². The summed E-state index contributed by atoms with van der Waals surface area (Å²) in [6.45, 7) is 0. The van der Waals surface area contributed by atoms with Crippen LogP contribution in [0, 0.1) is 0 Å². The van der Waals surface area contributed by atoms with Crippen LogP contribution in [0.2, 0.25) is 0 Å².